The summed E-state index contributed by atoms with van der Waals surface area (Å²) in [5.74, 6) is 0.706. The standard InChI is InChI=1S/C15H26N2O3/c1-4-8-20-14-10-13(11-17-12-14)15(2,18)5-6-16-7-9-19-3/h10-12,16,18H,4-9H2,1-3H3. The molecule has 0 amide bonds. The number of pyridine rings is 1. The number of hydrogen-bond acceptors (Lipinski definition) is 5. The fourth-order valence-electron chi connectivity index (χ4n) is 1.79. The van der Waals surface area contributed by atoms with Gasteiger partial charge in [0.15, 0.2) is 0 Å². The van der Waals surface area contributed by atoms with Gasteiger partial charge in [-0.15, -0.1) is 0 Å². The normalized spacial score (nSPS) is 14.0. The Morgan fingerprint density at radius 3 is 2.80 bits per heavy atom. The molecule has 0 aromatic carbocycles. The Morgan fingerprint density at radius 1 is 1.30 bits per heavy atom. The van der Waals surface area contributed by atoms with Gasteiger partial charge in [0.25, 0.3) is 0 Å². The number of aromatic nitrogens is 1. The predicted molar refractivity (Wildman–Crippen MR) is 79.0 cm³/mol. The summed E-state index contributed by atoms with van der Waals surface area (Å²) in [6.45, 7) is 6.68. The van der Waals surface area contributed by atoms with Crippen LogP contribution >= 0.6 is 0 Å². The van der Waals surface area contributed by atoms with Gasteiger partial charge in [-0.25, -0.2) is 0 Å². The molecule has 1 atom stereocenters. The minimum Gasteiger partial charge on any atom is -0.492 e. The van der Waals surface area contributed by atoms with Gasteiger partial charge in [0.1, 0.15) is 5.75 Å². The molecule has 1 aromatic rings. The molecule has 5 heteroatoms. The minimum atomic E-state index is -0.918. The van der Waals surface area contributed by atoms with Crippen LogP contribution in [0, 0.1) is 0 Å². The molecule has 1 aromatic heterocycles. The van der Waals surface area contributed by atoms with E-state index in [1.807, 2.05) is 6.07 Å². The molecule has 5 nitrogen and oxygen atoms in total. The molecule has 1 unspecified atom stereocenters. The zero-order valence-electron chi connectivity index (χ0n) is 12.7. The van der Waals surface area contributed by atoms with Crippen LogP contribution in [0.1, 0.15) is 32.3 Å². The highest BCUT2D eigenvalue weighted by atomic mass is 16.5. The Kier molecular flexibility index (Phi) is 7.51. The number of aliphatic hydroxyl groups is 1. The van der Waals surface area contributed by atoms with Crippen LogP contribution in [0.15, 0.2) is 18.5 Å². The monoisotopic (exact) mass is 282 g/mol. The molecule has 1 rings (SSSR count). The summed E-state index contributed by atoms with van der Waals surface area (Å²) in [6.07, 6.45) is 4.92. The van der Waals surface area contributed by atoms with Crippen LogP contribution in [0.2, 0.25) is 0 Å². The van der Waals surface area contributed by atoms with Crippen molar-refractivity contribution in [2.45, 2.75) is 32.3 Å². The highest BCUT2D eigenvalue weighted by Gasteiger charge is 2.23. The van der Waals surface area contributed by atoms with E-state index in [0.717, 1.165) is 25.1 Å². The highest BCUT2D eigenvalue weighted by Crippen LogP contribution is 2.26. The van der Waals surface area contributed by atoms with Crippen molar-refractivity contribution in [3.05, 3.63) is 24.0 Å². The van der Waals surface area contributed by atoms with Gasteiger partial charge in [0, 0.05) is 25.4 Å². The van der Waals surface area contributed by atoms with Crippen LogP contribution in [0.4, 0.5) is 0 Å². The van der Waals surface area contributed by atoms with Gasteiger partial charge in [0.05, 0.1) is 25.0 Å². The topological polar surface area (TPSA) is 63.6 Å². The number of rotatable bonds is 10. The predicted octanol–water partition coefficient (Wildman–Crippen LogP) is 1.70. The second kappa shape index (κ2) is 8.89. The summed E-state index contributed by atoms with van der Waals surface area (Å²) >= 11 is 0. The van der Waals surface area contributed by atoms with Crippen LogP contribution < -0.4 is 10.1 Å². The number of nitrogens with one attached hydrogen (secondary N) is 1. The van der Waals surface area contributed by atoms with Gasteiger partial charge < -0.3 is 19.9 Å². The third-order valence-corrected chi connectivity index (χ3v) is 3.08. The lowest BCUT2D eigenvalue weighted by Gasteiger charge is -2.24. The average Bonchev–Trinajstić information content (AvgIpc) is 2.45. The van der Waals surface area contributed by atoms with Crippen molar-refractivity contribution in [3.8, 4) is 5.75 Å². The second-order valence-corrected chi connectivity index (χ2v) is 5.02. The Balaban J connectivity index is 2.52. The molecule has 1 heterocycles. The molecule has 0 saturated heterocycles. The highest BCUT2D eigenvalue weighted by molar-refractivity contribution is 5.27. The van der Waals surface area contributed by atoms with E-state index in [-0.39, 0.29) is 0 Å². The van der Waals surface area contributed by atoms with E-state index < -0.39 is 5.60 Å². The number of ether oxygens (including phenoxy) is 2. The van der Waals surface area contributed by atoms with Gasteiger partial charge in [-0.3, -0.25) is 4.98 Å². The van der Waals surface area contributed by atoms with Crippen molar-refractivity contribution < 1.29 is 14.6 Å². The Morgan fingerprint density at radius 2 is 2.10 bits per heavy atom. The van der Waals surface area contributed by atoms with Crippen molar-refractivity contribution in [2.75, 3.05) is 33.4 Å². The largest absolute Gasteiger partial charge is 0.492 e. The van der Waals surface area contributed by atoms with E-state index in [0.29, 0.717) is 25.4 Å². The van der Waals surface area contributed by atoms with Crippen molar-refractivity contribution in [2.24, 2.45) is 0 Å². The van der Waals surface area contributed by atoms with Crippen molar-refractivity contribution in [3.63, 3.8) is 0 Å². The zero-order chi connectivity index (χ0) is 14.8. The first-order valence-corrected chi connectivity index (χ1v) is 7.10. The fraction of sp³-hybridized carbons (Fsp3) is 0.667. The molecule has 114 valence electrons. The van der Waals surface area contributed by atoms with Crippen molar-refractivity contribution in [1.82, 2.24) is 10.3 Å². The molecule has 0 saturated carbocycles. The molecule has 0 fully saturated rings. The molecule has 0 aliphatic carbocycles. The van der Waals surface area contributed by atoms with E-state index >= 15 is 0 Å². The van der Waals surface area contributed by atoms with Crippen LogP contribution in [0.5, 0.6) is 5.75 Å². The Labute approximate surface area is 121 Å². The maximum atomic E-state index is 10.5. The lowest BCUT2D eigenvalue weighted by Crippen LogP contribution is -2.29. The van der Waals surface area contributed by atoms with E-state index in [9.17, 15) is 5.11 Å². The second-order valence-electron chi connectivity index (χ2n) is 5.02. The third-order valence-electron chi connectivity index (χ3n) is 3.08. The zero-order valence-corrected chi connectivity index (χ0v) is 12.7. The lowest BCUT2D eigenvalue weighted by atomic mass is 9.94. The van der Waals surface area contributed by atoms with Gasteiger partial charge in [-0.2, -0.15) is 0 Å². The quantitative estimate of drug-likeness (QED) is 0.640. The Hall–Kier alpha value is -1.17. The van der Waals surface area contributed by atoms with Crippen LogP contribution in [-0.2, 0) is 10.3 Å². The third kappa shape index (κ3) is 5.86. The van der Waals surface area contributed by atoms with Crippen molar-refractivity contribution in [1.29, 1.82) is 0 Å². The minimum absolute atomic E-state index is 0.607. The summed E-state index contributed by atoms with van der Waals surface area (Å²) in [7, 11) is 1.67. The molecule has 0 aliphatic heterocycles. The summed E-state index contributed by atoms with van der Waals surface area (Å²) in [5, 5.41) is 13.7. The van der Waals surface area contributed by atoms with Crippen molar-refractivity contribution >= 4 is 0 Å². The van der Waals surface area contributed by atoms with Crippen LogP contribution in [0.25, 0.3) is 0 Å². The first-order chi connectivity index (χ1) is 9.60. The Bertz CT molecular complexity index is 383. The van der Waals surface area contributed by atoms with Gasteiger partial charge in [-0.1, -0.05) is 6.92 Å². The summed E-state index contributed by atoms with van der Waals surface area (Å²) in [5.41, 5.74) is -0.141. The molecule has 0 spiro atoms. The lowest BCUT2D eigenvalue weighted by molar-refractivity contribution is 0.0468. The maximum Gasteiger partial charge on any atom is 0.137 e. The first kappa shape index (κ1) is 16.9. The molecule has 20 heavy (non-hydrogen) atoms. The summed E-state index contributed by atoms with van der Waals surface area (Å²) < 4.78 is 10.5. The average molecular weight is 282 g/mol. The van der Waals surface area contributed by atoms with E-state index in [4.69, 9.17) is 9.47 Å². The molecule has 0 bridgehead atoms. The number of methoxy groups -OCH3 is 1. The fourth-order valence-corrected chi connectivity index (χ4v) is 1.79. The van der Waals surface area contributed by atoms with Crippen LogP contribution in [0.3, 0.4) is 0 Å². The smallest absolute Gasteiger partial charge is 0.137 e. The molecule has 0 radical (unpaired) electrons. The SMILES string of the molecule is CCCOc1cncc(C(C)(O)CCNCCOC)c1. The summed E-state index contributed by atoms with van der Waals surface area (Å²) in [6, 6.07) is 1.86. The van der Waals surface area contributed by atoms with E-state index in [1.165, 1.54) is 0 Å². The van der Waals surface area contributed by atoms with E-state index in [1.54, 1.807) is 26.4 Å². The molecule has 0 aliphatic rings. The van der Waals surface area contributed by atoms with Gasteiger partial charge >= 0.3 is 0 Å². The first-order valence-electron chi connectivity index (χ1n) is 7.10. The van der Waals surface area contributed by atoms with Crippen LogP contribution in [-0.4, -0.2) is 43.5 Å². The van der Waals surface area contributed by atoms with Gasteiger partial charge in [-0.05, 0) is 32.4 Å². The van der Waals surface area contributed by atoms with Gasteiger partial charge in [0.2, 0.25) is 0 Å². The maximum absolute atomic E-state index is 10.5. The number of nitrogens with zero attached hydrogens (tertiary/aromatic N) is 1. The molecule has 2 N–H and O–H groups in total. The molecular formula is C15H26N2O3. The summed E-state index contributed by atoms with van der Waals surface area (Å²) in [4.78, 5) is 4.14. The number of hydrogen-bond donors (Lipinski definition) is 2. The van der Waals surface area contributed by atoms with E-state index in [2.05, 4.69) is 17.2 Å². The molecular weight excluding hydrogens is 256 g/mol.